The SMILES string of the molecule is C#CN=C(c1ccnc(C)c1)c1cc(NCC=O)ccc1C.C=NC(=N/C=C\C)c1ccc(C2=CCN(C(=O)CN(CC)CCSC)CC2)cc1. The van der Waals surface area contributed by atoms with E-state index in [1.165, 1.54) is 11.1 Å². The number of terminal acetylenes is 1. The van der Waals surface area contributed by atoms with Gasteiger partial charge in [0.15, 0.2) is 5.84 Å². The summed E-state index contributed by atoms with van der Waals surface area (Å²) in [6.07, 6.45) is 16.7. The summed E-state index contributed by atoms with van der Waals surface area (Å²) in [6, 6.07) is 20.3. The zero-order valence-corrected chi connectivity index (χ0v) is 31.2. The number of anilines is 1. The Bertz CT molecular complexity index is 1790. The minimum absolute atomic E-state index is 0.223. The zero-order chi connectivity index (χ0) is 37.0. The Morgan fingerprint density at radius 2 is 1.94 bits per heavy atom. The Hall–Kier alpha value is -5.11. The average Bonchev–Trinajstić information content (AvgIpc) is 3.16. The maximum Gasteiger partial charge on any atom is 0.237 e. The molecule has 1 N–H and O–H groups in total. The van der Waals surface area contributed by atoms with Gasteiger partial charge in [-0.05, 0) is 87.7 Å². The Morgan fingerprint density at radius 1 is 1.16 bits per heavy atom. The van der Waals surface area contributed by atoms with Crippen LogP contribution in [0.15, 0.2) is 94.1 Å². The fourth-order valence-corrected chi connectivity index (χ4v) is 5.83. The number of aliphatic imine (C=N–C) groups is 3. The van der Waals surface area contributed by atoms with Gasteiger partial charge >= 0.3 is 0 Å². The number of carbonyl (C=O) groups excluding carboxylic acids is 2. The van der Waals surface area contributed by atoms with E-state index in [2.05, 4.69) is 74.3 Å². The molecule has 0 unspecified atom stereocenters. The molecule has 0 fully saturated rings. The quantitative estimate of drug-likeness (QED) is 0.0868. The Morgan fingerprint density at radius 3 is 2.55 bits per heavy atom. The number of hydrogen-bond donors (Lipinski definition) is 1. The molecule has 1 aromatic heterocycles. The number of rotatable bonds is 14. The minimum Gasteiger partial charge on any atom is -0.378 e. The van der Waals surface area contributed by atoms with Gasteiger partial charge in [-0.3, -0.25) is 14.7 Å². The van der Waals surface area contributed by atoms with E-state index in [4.69, 9.17) is 6.42 Å². The lowest BCUT2D eigenvalue weighted by atomic mass is 9.97. The number of hydrogen-bond acceptors (Lipinski definition) is 8. The molecule has 3 aromatic rings. The highest BCUT2D eigenvalue weighted by atomic mass is 32.2. The number of thioether (sulfide) groups is 1. The van der Waals surface area contributed by atoms with Gasteiger partial charge in [0.25, 0.3) is 0 Å². The van der Waals surface area contributed by atoms with E-state index in [1.54, 1.807) is 12.4 Å². The molecule has 2 aromatic carbocycles. The highest BCUT2D eigenvalue weighted by Crippen LogP contribution is 2.24. The van der Waals surface area contributed by atoms with Crippen molar-refractivity contribution in [3.05, 3.63) is 113 Å². The van der Waals surface area contributed by atoms with Crippen LogP contribution in [0.3, 0.4) is 0 Å². The van der Waals surface area contributed by atoms with Crippen molar-refractivity contribution in [3.8, 4) is 12.5 Å². The number of pyridine rings is 1. The fraction of sp³-hybridized carbons (Fsp3) is 0.317. The molecule has 1 aliphatic heterocycles. The van der Waals surface area contributed by atoms with E-state index in [0.29, 0.717) is 18.9 Å². The van der Waals surface area contributed by atoms with Gasteiger partial charge in [0.2, 0.25) is 5.91 Å². The molecular formula is C41H49N7O2S. The van der Waals surface area contributed by atoms with E-state index >= 15 is 0 Å². The number of amidine groups is 1. The number of benzene rings is 2. The fourth-order valence-electron chi connectivity index (χ4n) is 5.39. The van der Waals surface area contributed by atoms with Gasteiger partial charge in [0.05, 0.1) is 18.8 Å². The molecule has 10 heteroatoms. The topological polar surface area (TPSA) is 103 Å². The van der Waals surface area contributed by atoms with Crippen LogP contribution in [0.4, 0.5) is 5.69 Å². The number of allylic oxidation sites excluding steroid dienone is 1. The van der Waals surface area contributed by atoms with Crippen LogP contribution in [0.25, 0.3) is 5.57 Å². The van der Waals surface area contributed by atoms with Crippen molar-refractivity contribution in [1.82, 2.24) is 14.8 Å². The van der Waals surface area contributed by atoms with E-state index in [-0.39, 0.29) is 12.5 Å². The molecule has 0 atom stereocenters. The summed E-state index contributed by atoms with van der Waals surface area (Å²) in [5.41, 5.74) is 8.79. The smallest absolute Gasteiger partial charge is 0.237 e. The number of aromatic nitrogens is 1. The average molecular weight is 704 g/mol. The number of amides is 1. The Balaban J connectivity index is 0.000000286. The van der Waals surface area contributed by atoms with Gasteiger partial charge in [-0.1, -0.05) is 55.8 Å². The van der Waals surface area contributed by atoms with Gasteiger partial charge < -0.3 is 15.0 Å². The van der Waals surface area contributed by atoms with Crippen LogP contribution < -0.4 is 5.32 Å². The van der Waals surface area contributed by atoms with Crippen LogP contribution in [0.5, 0.6) is 0 Å². The summed E-state index contributed by atoms with van der Waals surface area (Å²) in [7, 11) is 0. The Kier molecular flexibility index (Phi) is 17.3. The summed E-state index contributed by atoms with van der Waals surface area (Å²) in [5.74, 6) is 1.90. The predicted molar refractivity (Wildman–Crippen MR) is 216 cm³/mol. The first-order valence-corrected chi connectivity index (χ1v) is 18.4. The molecule has 4 rings (SSSR count). The van der Waals surface area contributed by atoms with Crippen molar-refractivity contribution in [1.29, 1.82) is 0 Å². The molecule has 1 amide bonds. The lowest BCUT2D eigenvalue weighted by molar-refractivity contribution is -0.131. The molecule has 0 aliphatic carbocycles. The molecule has 0 radical (unpaired) electrons. The first kappa shape index (κ1) is 40.3. The maximum atomic E-state index is 12.6. The molecule has 0 saturated carbocycles. The molecule has 2 heterocycles. The molecule has 0 saturated heterocycles. The predicted octanol–water partition coefficient (Wildman–Crippen LogP) is 6.71. The zero-order valence-electron chi connectivity index (χ0n) is 30.4. The van der Waals surface area contributed by atoms with Gasteiger partial charge in [0, 0.05) is 71.9 Å². The molecule has 0 bridgehead atoms. The normalized spacial score (nSPS) is 13.3. The van der Waals surface area contributed by atoms with Crippen LogP contribution in [0.1, 0.15) is 53.8 Å². The van der Waals surface area contributed by atoms with Gasteiger partial charge in [-0.15, -0.1) is 0 Å². The van der Waals surface area contributed by atoms with Crippen molar-refractivity contribution in [2.75, 3.05) is 56.6 Å². The summed E-state index contributed by atoms with van der Waals surface area (Å²) in [4.78, 5) is 44.0. The molecule has 9 nitrogen and oxygen atoms in total. The molecular weight excluding hydrogens is 655 g/mol. The summed E-state index contributed by atoms with van der Waals surface area (Å²) in [6.45, 7) is 15.7. The van der Waals surface area contributed by atoms with Crippen molar-refractivity contribution >= 4 is 53.5 Å². The van der Waals surface area contributed by atoms with Crippen LogP contribution in [0, 0.1) is 26.3 Å². The summed E-state index contributed by atoms with van der Waals surface area (Å²) in [5, 5.41) is 3.03. The second-order valence-corrected chi connectivity index (χ2v) is 12.7. The first-order valence-electron chi connectivity index (χ1n) is 17.0. The maximum absolute atomic E-state index is 12.6. The standard InChI is InChI=1S/C23H32N4OS.C18H17N3O/c1-5-13-25-23(24-3)21-9-7-19(8-10-21)20-11-14-27(15-12-20)22(28)18-26(6-2)16-17-29-4;1-4-19-18(15-7-8-20-14(3)11-15)17-12-16(21-9-10-22)6-5-13(17)2/h5,7-11,13H,3,6,12,14-18H2,1-2,4H3;1,5-8,10-12,21H,9H2,2-3H3/b13-5-,25-23?;. The van der Waals surface area contributed by atoms with E-state index in [1.807, 2.05) is 86.0 Å². The van der Waals surface area contributed by atoms with Gasteiger partial charge in [0.1, 0.15) is 6.29 Å². The Labute approximate surface area is 307 Å². The van der Waals surface area contributed by atoms with E-state index in [0.717, 1.165) is 77.4 Å². The van der Waals surface area contributed by atoms with Gasteiger partial charge in [-0.25, -0.2) is 9.98 Å². The largest absolute Gasteiger partial charge is 0.378 e. The third kappa shape index (κ3) is 12.6. The van der Waals surface area contributed by atoms with Crippen molar-refractivity contribution in [2.24, 2.45) is 15.0 Å². The number of aryl methyl sites for hydroxylation is 2. The van der Waals surface area contributed by atoms with Crippen LogP contribution in [-0.4, -0.2) is 96.5 Å². The monoisotopic (exact) mass is 703 g/mol. The third-order valence-electron chi connectivity index (χ3n) is 8.22. The minimum atomic E-state index is 0.223. The van der Waals surface area contributed by atoms with Crippen LogP contribution in [0.2, 0.25) is 0 Å². The molecule has 51 heavy (non-hydrogen) atoms. The number of nitrogens with one attached hydrogen (secondary N) is 1. The first-order chi connectivity index (χ1) is 24.8. The number of aldehydes is 1. The van der Waals surface area contributed by atoms with Crippen LogP contribution >= 0.6 is 11.8 Å². The molecule has 266 valence electrons. The van der Waals surface area contributed by atoms with Crippen molar-refractivity contribution < 1.29 is 9.59 Å². The third-order valence-corrected chi connectivity index (χ3v) is 8.81. The van der Waals surface area contributed by atoms with Crippen molar-refractivity contribution in [3.63, 3.8) is 0 Å². The number of likely N-dealkylation sites (N-methyl/N-ethyl adjacent to an activating group) is 1. The van der Waals surface area contributed by atoms with Gasteiger partial charge in [-0.2, -0.15) is 16.8 Å². The second-order valence-electron chi connectivity index (χ2n) is 11.7. The summed E-state index contributed by atoms with van der Waals surface area (Å²) < 4.78 is 0. The van der Waals surface area contributed by atoms with Crippen LogP contribution in [-0.2, 0) is 9.59 Å². The second kappa shape index (κ2) is 21.9. The lowest BCUT2D eigenvalue weighted by Gasteiger charge is -2.29. The lowest BCUT2D eigenvalue weighted by Crippen LogP contribution is -2.42. The number of nitrogens with zero attached hydrogens (tertiary/aromatic N) is 6. The van der Waals surface area contributed by atoms with E-state index < -0.39 is 0 Å². The number of carbonyl (C=O) groups is 2. The summed E-state index contributed by atoms with van der Waals surface area (Å²) >= 11 is 1.82. The molecule has 0 spiro atoms. The van der Waals surface area contributed by atoms with E-state index in [9.17, 15) is 9.59 Å². The highest BCUT2D eigenvalue weighted by molar-refractivity contribution is 7.98. The van der Waals surface area contributed by atoms with Crippen molar-refractivity contribution in [2.45, 2.75) is 34.1 Å². The molecule has 1 aliphatic rings. The highest BCUT2D eigenvalue weighted by Gasteiger charge is 2.20.